The number of rotatable bonds is 5. The highest BCUT2D eigenvalue weighted by atomic mass is 15.4. The number of nitrogens with one attached hydrogen (secondary N) is 1. The van der Waals surface area contributed by atoms with E-state index >= 15 is 0 Å². The number of aromatic nitrogens is 4. The molecule has 1 atom stereocenters. The Morgan fingerprint density at radius 3 is 2.83 bits per heavy atom. The molecule has 0 aromatic carbocycles. The molecule has 1 aliphatic heterocycles. The molecule has 0 radical (unpaired) electrons. The van der Waals surface area contributed by atoms with Crippen LogP contribution in [0.1, 0.15) is 46.4 Å². The second-order valence-corrected chi connectivity index (χ2v) is 7.60. The molecule has 1 fully saturated rings. The Kier molecular flexibility index (Phi) is 4.53. The van der Waals surface area contributed by atoms with Crippen LogP contribution < -0.4 is 5.32 Å². The van der Waals surface area contributed by atoms with Gasteiger partial charge in [-0.1, -0.05) is 27.7 Å². The predicted molar refractivity (Wildman–Crippen MR) is 92.8 cm³/mol. The fourth-order valence-corrected chi connectivity index (χ4v) is 3.20. The summed E-state index contributed by atoms with van der Waals surface area (Å²) in [6.07, 6.45) is 2.51. The normalized spacial score (nSPS) is 19.6. The highest BCUT2D eigenvalue weighted by molar-refractivity contribution is 5.44. The molecule has 1 saturated heterocycles. The molecule has 0 aliphatic carbocycles. The Balaban J connectivity index is 1.67. The van der Waals surface area contributed by atoms with Crippen LogP contribution in [0, 0.1) is 5.92 Å². The van der Waals surface area contributed by atoms with E-state index in [2.05, 4.69) is 53.2 Å². The summed E-state index contributed by atoms with van der Waals surface area (Å²) in [7, 11) is 0. The molecule has 6 nitrogen and oxygen atoms in total. The van der Waals surface area contributed by atoms with Crippen molar-refractivity contribution in [1.82, 2.24) is 24.7 Å². The zero-order valence-corrected chi connectivity index (χ0v) is 14.7. The molecule has 0 bridgehead atoms. The van der Waals surface area contributed by atoms with Gasteiger partial charge in [0.05, 0.1) is 0 Å². The van der Waals surface area contributed by atoms with E-state index in [0.717, 1.165) is 23.8 Å². The van der Waals surface area contributed by atoms with Crippen molar-refractivity contribution in [2.75, 3.05) is 31.5 Å². The molecule has 0 saturated carbocycles. The fourth-order valence-electron chi connectivity index (χ4n) is 3.20. The first-order chi connectivity index (χ1) is 11.0. The monoisotopic (exact) mass is 316 g/mol. The van der Waals surface area contributed by atoms with Crippen LogP contribution in [0.15, 0.2) is 12.1 Å². The van der Waals surface area contributed by atoms with Gasteiger partial charge < -0.3 is 10.2 Å². The van der Waals surface area contributed by atoms with Gasteiger partial charge in [-0.25, -0.2) is 0 Å². The van der Waals surface area contributed by atoms with E-state index in [1.54, 1.807) is 0 Å². The largest absolute Gasteiger partial charge is 0.368 e. The summed E-state index contributed by atoms with van der Waals surface area (Å²) in [6.45, 7) is 13.3. The molecule has 1 N–H and O–H groups in total. The summed E-state index contributed by atoms with van der Waals surface area (Å²) in [4.78, 5) is 2.56. The van der Waals surface area contributed by atoms with E-state index < -0.39 is 0 Å². The first kappa shape index (κ1) is 16.2. The maximum absolute atomic E-state index is 4.68. The Morgan fingerprint density at radius 2 is 2.09 bits per heavy atom. The molecule has 1 aliphatic rings. The SMILES string of the molecule is CCCN1CCC(CNc2ccc3nnc(C(C)(C)C)n3n2)C1. The lowest BCUT2D eigenvalue weighted by atomic mass is 9.96. The topological polar surface area (TPSA) is 58.3 Å². The van der Waals surface area contributed by atoms with E-state index in [9.17, 15) is 0 Å². The predicted octanol–water partition coefficient (Wildman–Crippen LogP) is 2.57. The maximum Gasteiger partial charge on any atom is 0.178 e. The van der Waals surface area contributed by atoms with Crippen molar-refractivity contribution in [2.24, 2.45) is 5.92 Å². The molecule has 2 aromatic rings. The highest BCUT2D eigenvalue weighted by Gasteiger charge is 2.23. The van der Waals surface area contributed by atoms with Crippen molar-refractivity contribution >= 4 is 11.5 Å². The summed E-state index contributed by atoms with van der Waals surface area (Å²) in [5.74, 6) is 2.50. The summed E-state index contributed by atoms with van der Waals surface area (Å²) in [6, 6.07) is 3.98. The van der Waals surface area contributed by atoms with E-state index in [1.807, 2.05) is 16.6 Å². The van der Waals surface area contributed by atoms with E-state index in [4.69, 9.17) is 0 Å². The Morgan fingerprint density at radius 1 is 1.26 bits per heavy atom. The van der Waals surface area contributed by atoms with Crippen LogP contribution in [0.5, 0.6) is 0 Å². The molecule has 3 heterocycles. The Hall–Kier alpha value is -1.69. The van der Waals surface area contributed by atoms with Crippen LogP contribution in [0.2, 0.25) is 0 Å². The second kappa shape index (κ2) is 6.43. The summed E-state index contributed by atoms with van der Waals surface area (Å²) in [5, 5.41) is 16.7. The van der Waals surface area contributed by atoms with Gasteiger partial charge in [-0.3, -0.25) is 0 Å². The van der Waals surface area contributed by atoms with Gasteiger partial charge in [-0.05, 0) is 44.0 Å². The number of likely N-dealkylation sites (tertiary alicyclic amines) is 1. The van der Waals surface area contributed by atoms with Gasteiger partial charge in [0.25, 0.3) is 0 Å². The number of hydrogen-bond acceptors (Lipinski definition) is 5. The van der Waals surface area contributed by atoms with Gasteiger partial charge in [0, 0.05) is 18.5 Å². The van der Waals surface area contributed by atoms with Gasteiger partial charge in [0.2, 0.25) is 0 Å². The van der Waals surface area contributed by atoms with Crippen LogP contribution in [-0.2, 0) is 5.41 Å². The average molecular weight is 316 g/mol. The van der Waals surface area contributed by atoms with E-state index in [-0.39, 0.29) is 5.41 Å². The van der Waals surface area contributed by atoms with Crippen LogP contribution in [0.25, 0.3) is 5.65 Å². The molecule has 6 heteroatoms. The fraction of sp³-hybridized carbons (Fsp3) is 0.706. The van der Waals surface area contributed by atoms with Gasteiger partial charge >= 0.3 is 0 Å². The van der Waals surface area contributed by atoms with Gasteiger partial charge in [0.15, 0.2) is 11.5 Å². The summed E-state index contributed by atoms with van der Waals surface area (Å²) >= 11 is 0. The van der Waals surface area contributed by atoms with Crippen molar-refractivity contribution in [3.8, 4) is 0 Å². The third kappa shape index (κ3) is 3.63. The van der Waals surface area contributed by atoms with E-state index in [0.29, 0.717) is 5.92 Å². The van der Waals surface area contributed by atoms with Gasteiger partial charge in [0.1, 0.15) is 5.82 Å². The minimum atomic E-state index is -0.0723. The number of nitrogens with zero attached hydrogens (tertiary/aromatic N) is 5. The van der Waals surface area contributed by atoms with Crippen LogP contribution in [-0.4, -0.2) is 50.9 Å². The standard InChI is InChI=1S/C17H28N6/c1-5-9-22-10-8-13(12-22)11-18-14-6-7-15-19-20-16(17(2,3)4)23(15)21-14/h6-7,13H,5,8-12H2,1-4H3,(H,18,21). The van der Waals surface area contributed by atoms with Crippen molar-refractivity contribution in [3.63, 3.8) is 0 Å². The molecule has 2 aromatic heterocycles. The number of anilines is 1. The van der Waals surface area contributed by atoms with Gasteiger partial charge in [-0.2, -0.15) is 4.52 Å². The van der Waals surface area contributed by atoms with Gasteiger partial charge in [-0.15, -0.1) is 15.3 Å². The van der Waals surface area contributed by atoms with E-state index in [1.165, 1.54) is 32.5 Å². The molecule has 0 amide bonds. The molecule has 23 heavy (non-hydrogen) atoms. The average Bonchev–Trinajstić information content (AvgIpc) is 3.10. The smallest absolute Gasteiger partial charge is 0.178 e. The first-order valence-corrected chi connectivity index (χ1v) is 8.66. The zero-order valence-electron chi connectivity index (χ0n) is 14.7. The van der Waals surface area contributed by atoms with Crippen LogP contribution >= 0.6 is 0 Å². The minimum absolute atomic E-state index is 0.0723. The Bertz CT molecular complexity index is 657. The number of hydrogen-bond donors (Lipinski definition) is 1. The highest BCUT2D eigenvalue weighted by Crippen LogP contribution is 2.21. The lowest BCUT2D eigenvalue weighted by Crippen LogP contribution is -2.24. The maximum atomic E-state index is 4.68. The molecule has 1 unspecified atom stereocenters. The summed E-state index contributed by atoms with van der Waals surface area (Å²) in [5.41, 5.74) is 0.729. The zero-order chi connectivity index (χ0) is 16.4. The third-order valence-electron chi connectivity index (χ3n) is 4.42. The molecule has 126 valence electrons. The molecule has 0 spiro atoms. The second-order valence-electron chi connectivity index (χ2n) is 7.60. The van der Waals surface area contributed by atoms with Crippen molar-refractivity contribution < 1.29 is 0 Å². The lowest BCUT2D eigenvalue weighted by Gasteiger charge is -2.16. The first-order valence-electron chi connectivity index (χ1n) is 8.66. The van der Waals surface area contributed by atoms with Crippen molar-refractivity contribution in [2.45, 2.75) is 46.0 Å². The third-order valence-corrected chi connectivity index (χ3v) is 4.42. The molecular formula is C17H28N6. The number of fused-ring (bicyclic) bond motifs is 1. The minimum Gasteiger partial charge on any atom is -0.368 e. The quantitative estimate of drug-likeness (QED) is 0.919. The molecule has 3 rings (SSSR count). The van der Waals surface area contributed by atoms with Crippen molar-refractivity contribution in [3.05, 3.63) is 18.0 Å². The molecular weight excluding hydrogens is 288 g/mol. The van der Waals surface area contributed by atoms with Crippen LogP contribution in [0.3, 0.4) is 0 Å². The van der Waals surface area contributed by atoms with Crippen LogP contribution in [0.4, 0.5) is 5.82 Å². The lowest BCUT2D eigenvalue weighted by molar-refractivity contribution is 0.327. The summed E-state index contributed by atoms with van der Waals surface area (Å²) < 4.78 is 1.86. The Labute approximate surface area is 138 Å². The van der Waals surface area contributed by atoms with Crippen molar-refractivity contribution in [1.29, 1.82) is 0 Å².